The summed E-state index contributed by atoms with van der Waals surface area (Å²) in [6.45, 7) is 4.23. The molecule has 112 valence electrons. The second-order valence-corrected chi connectivity index (χ2v) is 6.25. The van der Waals surface area contributed by atoms with Crippen LogP contribution in [0.2, 0.25) is 0 Å². The van der Waals surface area contributed by atoms with Gasteiger partial charge in [0.25, 0.3) is 5.91 Å². The lowest BCUT2D eigenvalue weighted by atomic mass is 10.1. The van der Waals surface area contributed by atoms with E-state index < -0.39 is 0 Å². The maximum Gasteiger partial charge on any atom is 0.275 e. The minimum atomic E-state index is 0.122. The third-order valence-corrected chi connectivity index (χ3v) is 4.26. The minimum absolute atomic E-state index is 0.122. The van der Waals surface area contributed by atoms with Gasteiger partial charge in [-0.25, -0.2) is 0 Å². The number of likely N-dealkylation sites (N-methyl/N-ethyl adjacent to an activating group) is 1. The van der Waals surface area contributed by atoms with Crippen LogP contribution in [0.4, 0.5) is 0 Å². The Hall–Kier alpha value is -1.65. The molecule has 1 unspecified atom stereocenters. The normalized spacial score (nSPS) is 12.1. The molecule has 0 bridgehead atoms. The second kappa shape index (κ2) is 7.96. The number of carbonyl (C=O) groups is 1. The molecule has 2 aromatic rings. The van der Waals surface area contributed by atoms with Crippen LogP contribution in [-0.2, 0) is 17.8 Å². The zero-order chi connectivity index (χ0) is 15.1. The summed E-state index contributed by atoms with van der Waals surface area (Å²) in [5, 5.41) is 7.22. The van der Waals surface area contributed by atoms with Crippen molar-refractivity contribution in [1.29, 1.82) is 0 Å². The van der Waals surface area contributed by atoms with Gasteiger partial charge in [-0.2, -0.15) is 11.3 Å². The molecule has 0 saturated carbocycles. The molecule has 1 aromatic heterocycles. The molecule has 0 aliphatic heterocycles. The number of aryl methyl sites for hydroxylation is 1. The summed E-state index contributed by atoms with van der Waals surface area (Å²) in [6, 6.07) is 10.4. The third-order valence-electron chi connectivity index (χ3n) is 3.53. The number of carbonyl (C=O) groups excluding carboxylic acids is 1. The fourth-order valence-electron chi connectivity index (χ4n) is 2.37. The predicted molar refractivity (Wildman–Crippen MR) is 87.7 cm³/mol. The van der Waals surface area contributed by atoms with Crippen LogP contribution in [0.5, 0.6) is 0 Å². The Morgan fingerprint density at radius 1 is 1.29 bits per heavy atom. The zero-order valence-corrected chi connectivity index (χ0v) is 13.5. The Morgan fingerprint density at radius 3 is 2.81 bits per heavy atom. The molecular weight excluding hydrogens is 280 g/mol. The number of thiophene rings is 1. The molecule has 0 aliphatic carbocycles. The molecule has 4 heteroatoms. The van der Waals surface area contributed by atoms with Crippen LogP contribution in [0.25, 0.3) is 0 Å². The number of rotatable bonds is 7. The lowest BCUT2D eigenvalue weighted by Gasteiger charge is -2.13. The fraction of sp³-hybridized carbons (Fsp3) is 0.353. The van der Waals surface area contributed by atoms with E-state index in [4.69, 9.17) is 0 Å². The van der Waals surface area contributed by atoms with E-state index >= 15 is 0 Å². The zero-order valence-electron chi connectivity index (χ0n) is 12.7. The SMILES string of the molecule is Cc1ccccc1CCNC(=O)C[NH+](C)Cc1ccsc1. The fourth-order valence-corrected chi connectivity index (χ4v) is 3.04. The van der Waals surface area contributed by atoms with Gasteiger partial charge in [0.1, 0.15) is 6.54 Å². The Labute approximate surface area is 130 Å². The quantitative estimate of drug-likeness (QED) is 0.797. The van der Waals surface area contributed by atoms with Gasteiger partial charge in [0.05, 0.1) is 7.05 Å². The summed E-state index contributed by atoms with van der Waals surface area (Å²) in [7, 11) is 2.05. The number of amides is 1. The molecule has 2 rings (SSSR count). The van der Waals surface area contributed by atoms with Gasteiger partial charge >= 0.3 is 0 Å². The van der Waals surface area contributed by atoms with Gasteiger partial charge in [-0.3, -0.25) is 4.79 Å². The van der Waals surface area contributed by atoms with E-state index in [1.165, 1.54) is 21.6 Å². The molecule has 1 heterocycles. The lowest BCUT2D eigenvalue weighted by molar-refractivity contribution is -0.885. The molecule has 2 N–H and O–H groups in total. The van der Waals surface area contributed by atoms with Crippen molar-refractivity contribution < 1.29 is 9.69 Å². The Bertz CT molecular complexity index is 566. The van der Waals surface area contributed by atoms with Gasteiger partial charge in [0.2, 0.25) is 0 Å². The molecule has 0 spiro atoms. The first-order chi connectivity index (χ1) is 10.1. The van der Waals surface area contributed by atoms with Gasteiger partial charge in [-0.05, 0) is 41.3 Å². The highest BCUT2D eigenvalue weighted by molar-refractivity contribution is 7.07. The van der Waals surface area contributed by atoms with Crippen molar-refractivity contribution in [3.05, 3.63) is 57.8 Å². The van der Waals surface area contributed by atoms with E-state index in [-0.39, 0.29) is 5.91 Å². The topological polar surface area (TPSA) is 33.5 Å². The third kappa shape index (κ3) is 5.33. The van der Waals surface area contributed by atoms with E-state index in [1.807, 2.05) is 12.1 Å². The molecule has 3 nitrogen and oxygen atoms in total. The van der Waals surface area contributed by atoms with Crippen molar-refractivity contribution in [2.45, 2.75) is 19.9 Å². The van der Waals surface area contributed by atoms with E-state index in [9.17, 15) is 4.79 Å². The number of hydrogen-bond acceptors (Lipinski definition) is 2. The van der Waals surface area contributed by atoms with Crippen molar-refractivity contribution in [1.82, 2.24) is 5.32 Å². The van der Waals surface area contributed by atoms with E-state index in [1.54, 1.807) is 11.3 Å². The van der Waals surface area contributed by atoms with Gasteiger partial charge < -0.3 is 10.2 Å². The highest BCUT2D eigenvalue weighted by atomic mass is 32.1. The van der Waals surface area contributed by atoms with Crippen LogP contribution < -0.4 is 10.2 Å². The van der Waals surface area contributed by atoms with Crippen LogP contribution in [0, 0.1) is 6.92 Å². The number of quaternary nitrogens is 1. The van der Waals surface area contributed by atoms with E-state index in [0.717, 1.165) is 13.0 Å². The predicted octanol–water partition coefficient (Wildman–Crippen LogP) is 1.43. The lowest BCUT2D eigenvalue weighted by Crippen LogP contribution is -3.08. The summed E-state index contributed by atoms with van der Waals surface area (Å²) in [6.07, 6.45) is 0.891. The molecule has 0 fully saturated rings. The van der Waals surface area contributed by atoms with Gasteiger partial charge in [-0.1, -0.05) is 24.3 Å². The molecule has 0 aliphatic rings. The largest absolute Gasteiger partial charge is 0.351 e. The van der Waals surface area contributed by atoms with Gasteiger partial charge in [-0.15, -0.1) is 0 Å². The number of nitrogens with one attached hydrogen (secondary N) is 2. The van der Waals surface area contributed by atoms with Gasteiger partial charge in [0.15, 0.2) is 6.54 Å². The molecule has 0 saturated heterocycles. The maximum absolute atomic E-state index is 11.9. The molecule has 21 heavy (non-hydrogen) atoms. The van der Waals surface area contributed by atoms with Crippen LogP contribution in [-0.4, -0.2) is 26.0 Å². The second-order valence-electron chi connectivity index (χ2n) is 5.47. The highest BCUT2D eigenvalue weighted by Crippen LogP contribution is 2.06. The van der Waals surface area contributed by atoms with E-state index in [2.05, 4.69) is 48.2 Å². The summed E-state index contributed by atoms with van der Waals surface area (Å²) < 4.78 is 0. The maximum atomic E-state index is 11.9. The minimum Gasteiger partial charge on any atom is -0.351 e. The smallest absolute Gasteiger partial charge is 0.275 e. The molecule has 1 amide bonds. The first-order valence-corrected chi connectivity index (χ1v) is 8.23. The van der Waals surface area contributed by atoms with Crippen LogP contribution in [0.1, 0.15) is 16.7 Å². The molecule has 0 radical (unpaired) electrons. The Morgan fingerprint density at radius 2 is 2.10 bits per heavy atom. The highest BCUT2D eigenvalue weighted by Gasteiger charge is 2.10. The van der Waals surface area contributed by atoms with Crippen molar-refractivity contribution in [3.8, 4) is 0 Å². The summed E-state index contributed by atoms with van der Waals surface area (Å²) in [5.74, 6) is 0.122. The van der Waals surface area contributed by atoms with Crippen molar-refractivity contribution in [3.63, 3.8) is 0 Å². The van der Waals surface area contributed by atoms with Crippen LogP contribution in [0.15, 0.2) is 41.1 Å². The average molecular weight is 303 g/mol. The van der Waals surface area contributed by atoms with Crippen molar-refractivity contribution in [2.75, 3.05) is 20.1 Å². The number of hydrogen-bond donors (Lipinski definition) is 2. The van der Waals surface area contributed by atoms with Crippen molar-refractivity contribution >= 4 is 17.2 Å². The van der Waals surface area contributed by atoms with Crippen LogP contribution in [0.3, 0.4) is 0 Å². The first-order valence-electron chi connectivity index (χ1n) is 7.28. The standard InChI is InChI=1S/C17H22N2OS/c1-14-5-3-4-6-16(14)7-9-18-17(20)12-19(2)11-15-8-10-21-13-15/h3-6,8,10,13H,7,9,11-12H2,1-2H3,(H,18,20)/p+1. The Kier molecular flexibility index (Phi) is 5.96. The summed E-state index contributed by atoms with van der Waals surface area (Å²) in [4.78, 5) is 13.1. The Balaban J connectivity index is 1.69. The molecule has 1 atom stereocenters. The molecular formula is C17H23N2OS+. The average Bonchev–Trinajstić information content (AvgIpc) is 2.93. The first kappa shape index (κ1) is 15.7. The number of benzene rings is 1. The monoisotopic (exact) mass is 303 g/mol. The summed E-state index contributed by atoms with van der Waals surface area (Å²) in [5.41, 5.74) is 3.88. The molecule has 1 aromatic carbocycles. The van der Waals surface area contributed by atoms with Gasteiger partial charge in [0, 0.05) is 12.1 Å². The van der Waals surface area contributed by atoms with Crippen molar-refractivity contribution in [2.24, 2.45) is 0 Å². The van der Waals surface area contributed by atoms with Crippen LogP contribution >= 0.6 is 11.3 Å². The summed E-state index contributed by atoms with van der Waals surface area (Å²) >= 11 is 1.70. The van der Waals surface area contributed by atoms with E-state index in [0.29, 0.717) is 13.1 Å².